The Bertz CT molecular complexity index is 692. The minimum Gasteiger partial charge on any atom is -0.457 e. The predicted molar refractivity (Wildman–Crippen MR) is 101 cm³/mol. The van der Waals surface area contributed by atoms with Crippen LogP contribution in [0.25, 0.3) is 0 Å². The molecule has 0 aliphatic rings. The molecule has 0 bridgehead atoms. The lowest BCUT2D eigenvalue weighted by Gasteiger charge is -2.07. The summed E-state index contributed by atoms with van der Waals surface area (Å²) in [4.78, 5) is 0. The second-order valence-electron chi connectivity index (χ2n) is 4.75. The summed E-state index contributed by atoms with van der Waals surface area (Å²) in [5.74, 6) is 1.43. The number of methoxy groups -OCH3 is 1. The molecule has 0 aromatic heterocycles. The molecule has 0 saturated heterocycles. The molecule has 0 aliphatic heterocycles. The average Bonchev–Trinajstić information content (AvgIpc) is 2.58. The number of rotatable bonds is 7. The van der Waals surface area contributed by atoms with Crippen LogP contribution in [0.5, 0.6) is 11.5 Å². The van der Waals surface area contributed by atoms with Crippen LogP contribution in [0.1, 0.15) is 5.56 Å². The quantitative estimate of drug-likeness (QED) is 0.341. The topological polar surface area (TPSA) is 54.9 Å². The lowest BCUT2D eigenvalue weighted by atomic mass is 10.2. The summed E-state index contributed by atoms with van der Waals surface area (Å²) >= 11 is 10.9. The maximum atomic E-state index is 5.86. The highest BCUT2D eigenvalue weighted by atomic mass is 35.5. The minimum absolute atomic E-state index is 0.442. The molecule has 126 valence electrons. The van der Waals surface area contributed by atoms with E-state index < -0.39 is 0 Å². The van der Waals surface area contributed by atoms with Crippen LogP contribution in [0.2, 0.25) is 5.02 Å². The molecule has 2 rings (SSSR count). The fraction of sp³-hybridized carbons (Fsp3) is 0.176. The molecule has 0 heterocycles. The van der Waals surface area contributed by atoms with E-state index in [2.05, 4.69) is 15.8 Å². The number of ether oxygens (including phenoxy) is 2. The predicted octanol–water partition coefficient (Wildman–Crippen LogP) is 3.58. The largest absolute Gasteiger partial charge is 0.457 e. The molecule has 0 radical (unpaired) electrons. The molecule has 0 spiro atoms. The zero-order chi connectivity index (χ0) is 17.2. The first kappa shape index (κ1) is 18.2. The summed E-state index contributed by atoms with van der Waals surface area (Å²) in [5.41, 5.74) is 3.63. The van der Waals surface area contributed by atoms with Gasteiger partial charge in [-0.2, -0.15) is 5.10 Å². The van der Waals surface area contributed by atoms with Crippen LogP contribution >= 0.6 is 23.8 Å². The van der Waals surface area contributed by atoms with Crippen molar-refractivity contribution in [3.05, 3.63) is 59.1 Å². The van der Waals surface area contributed by atoms with Gasteiger partial charge in [0, 0.05) is 18.7 Å². The first-order valence-corrected chi connectivity index (χ1v) is 8.05. The normalized spacial score (nSPS) is 10.6. The van der Waals surface area contributed by atoms with Crippen molar-refractivity contribution < 1.29 is 9.47 Å². The third-order valence-electron chi connectivity index (χ3n) is 2.88. The Labute approximate surface area is 151 Å². The molecule has 0 unspecified atom stereocenters. The van der Waals surface area contributed by atoms with Crippen LogP contribution in [0.4, 0.5) is 0 Å². The first-order chi connectivity index (χ1) is 11.7. The summed E-state index contributed by atoms with van der Waals surface area (Å²) in [6, 6.07) is 14.7. The van der Waals surface area contributed by atoms with E-state index in [1.807, 2.05) is 36.4 Å². The minimum atomic E-state index is 0.442. The standard InChI is InChI=1S/C17H18ClN3O2S/c1-22-10-9-19-17(24)21-20-12-13-3-2-4-16(11-13)23-15-7-5-14(18)6-8-15/h2-8,11-12H,9-10H2,1H3,(H2,19,21,24). The molecular formula is C17H18ClN3O2S. The number of halogens is 1. The van der Waals surface area contributed by atoms with Gasteiger partial charge in [-0.25, -0.2) is 0 Å². The van der Waals surface area contributed by atoms with E-state index in [9.17, 15) is 0 Å². The lowest BCUT2D eigenvalue weighted by molar-refractivity contribution is 0.204. The van der Waals surface area contributed by atoms with E-state index in [1.54, 1.807) is 25.5 Å². The molecular weight excluding hydrogens is 346 g/mol. The van der Waals surface area contributed by atoms with Gasteiger partial charge in [-0.3, -0.25) is 5.43 Å². The van der Waals surface area contributed by atoms with Gasteiger partial charge in [-0.1, -0.05) is 23.7 Å². The fourth-order valence-corrected chi connectivity index (χ4v) is 2.05. The second kappa shape index (κ2) is 9.87. The van der Waals surface area contributed by atoms with Crippen molar-refractivity contribution >= 4 is 35.1 Å². The van der Waals surface area contributed by atoms with E-state index in [0.717, 1.165) is 11.3 Å². The van der Waals surface area contributed by atoms with Crippen molar-refractivity contribution in [3.63, 3.8) is 0 Å². The van der Waals surface area contributed by atoms with Gasteiger partial charge >= 0.3 is 0 Å². The number of hydrazone groups is 1. The van der Waals surface area contributed by atoms with Crippen LogP contribution in [0, 0.1) is 0 Å². The number of nitrogens with one attached hydrogen (secondary N) is 2. The highest BCUT2D eigenvalue weighted by molar-refractivity contribution is 7.80. The van der Waals surface area contributed by atoms with Gasteiger partial charge in [0.05, 0.1) is 12.8 Å². The van der Waals surface area contributed by atoms with Gasteiger partial charge in [-0.05, 0) is 54.2 Å². The zero-order valence-electron chi connectivity index (χ0n) is 13.2. The van der Waals surface area contributed by atoms with Gasteiger partial charge in [0.15, 0.2) is 5.11 Å². The SMILES string of the molecule is COCCNC(=S)NN=Cc1cccc(Oc2ccc(Cl)cc2)c1. The molecule has 0 atom stereocenters. The van der Waals surface area contributed by atoms with E-state index >= 15 is 0 Å². The van der Waals surface area contributed by atoms with Crippen LogP contribution in [0.3, 0.4) is 0 Å². The van der Waals surface area contributed by atoms with Gasteiger partial charge < -0.3 is 14.8 Å². The number of hydrogen-bond acceptors (Lipinski definition) is 4. The van der Waals surface area contributed by atoms with Crippen molar-refractivity contribution in [3.8, 4) is 11.5 Å². The van der Waals surface area contributed by atoms with Gasteiger partial charge in [0.25, 0.3) is 0 Å². The molecule has 2 N–H and O–H groups in total. The zero-order valence-corrected chi connectivity index (χ0v) is 14.7. The Kier molecular flexibility index (Phi) is 7.48. The van der Waals surface area contributed by atoms with E-state index in [4.69, 9.17) is 33.3 Å². The monoisotopic (exact) mass is 363 g/mol. The fourth-order valence-electron chi connectivity index (χ4n) is 1.77. The van der Waals surface area contributed by atoms with Crippen LogP contribution in [0.15, 0.2) is 53.6 Å². The van der Waals surface area contributed by atoms with Crippen LogP contribution in [-0.2, 0) is 4.74 Å². The maximum Gasteiger partial charge on any atom is 0.187 e. The van der Waals surface area contributed by atoms with Gasteiger partial charge in [0.1, 0.15) is 11.5 Å². The summed E-state index contributed by atoms with van der Waals surface area (Å²) in [5, 5.41) is 8.16. The van der Waals surface area contributed by atoms with Crippen molar-refractivity contribution in [2.75, 3.05) is 20.3 Å². The molecule has 24 heavy (non-hydrogen) atoms. The second-order valence-corrected chi connectivity index (χ2v) is 5.59. The maximum absolute atomic E-state index is 5.86. The number of nitrogens with zero attached hydrogens (tertiary/aromatic N) is 1. The molecule has 2 aromatic rings. The summed E-state index contributed by atoms with van der Waals surface area (Å²) in [6.07, 6.45) is 1.67. The van der Waals surface area contributed by atoms with E-state index in [-0.39, 0.29) is 0 Å². The Morgan fingerprint density at radius 2 is 2.00 bits per heavy atom. The van der Waals surface area contributed by atoms with Crippen molar-refractivity contribution in [2.24, 2.45) is 5.10 Å². The van der Waals surface area contributed by atoms with Crippen LogP contribution < -0.4 is 15.5 Å². The molecule has 0 fully saturated rings. The summed E-state index contributed by atoms with van der Waals surface area (Å²) < 4.78 is 10.7. The molecule has 0 saturated carbocycles. The summed E-state index contributed by atoms with van der Waals surface area (Å²) in [6.45, 7) is 1.21. The van der Waals surface area contributed by atoms with Crippen molar-refractivity contribution in [1.29, 1.82) is 0 Å². The molecule has 2 aromatic carbocycles. The number of benzene rings is 2. The van der Waals surface area contributed by atoms with E-state index in [0.29, 0.717) is 29.0 Å². The highest BCUT2D eigenvalue weighted by Crippen LogP contribution is 2.23. The van der Waals surface area contributed by atoms with Gasteiger partial charge in [0.2, 0.25) is 0 Å². The summed E-state index contributed by atoms with van der Waals surface area (Å²) in [7, 11) is 1.63. The average molecular weight is 364 g/mol. The number of hydrogen-bond donors (Lipinski definition) is 2. The van der Waals surface area contributed by atoms with Crippen LogP contribution in [-0.4, -0.2) is 31.6 Å². The van der Waals surface area contributed by atoms with Crippen molar-refractivity contribution in [1.82, 2.24) is 10.7 Å². The Balaban J connectivity index is 1.89. The smallest absolute Gasteiger partial charge is 0.187 e. The first-order valence-electron chi connectivity index (χ1n) is 7.27. The Hall–Kier alpha value is -2.15. The number of thiocarbonyl (C=S) groups is 1. The third-order valence-corrected chi connectivity index (χ3v) is 3.37. The van der Waals surface area contributed by atoms with Crippen molar-refractivity contribution in [2.45, 2.75) is 0 Å². The molecule has 7 heteroatoms. The molecule has 0 amide bonds. The lowest BCUT2D eigenvalue weighted by Crippen LogP contribution is -2.34. The Morgan fingerprint density at radius 3 is 2.75 bits per heavy atom. The van der Waals surface area contributed by atoms with E-state index in [1.165, 1.54) is 0 Å². The van der Waals surface area contributed by atoms with Gasteiger partial charge in [-0.15, -0.1) is 0 Å². The highest BCUT2D eigenvalue weighted by Gasteiger charge is 1.99. The molecule has 5 nitrogen and oxygen atoms in total. The third kappa shape index (κ3) is 6.54. The Morgan fingerprint density at radius 1 is 1.21 bits per heavy atom. The molecule has 0 aliphatic carbocycles.